The van der Waals surface area contributed by atoms with Gasteiger partial charge in [0.05, 0.1) is 19.6 Å². The first-order valence-electron chi connectivity index (χ1n) is 11.6. The standard InChI is InChI=1S/2C15H16O2S/c1-11-4-7-14(8-5-11)18(16,17)15-9-6-12(2)13(3)10-15;1-11-5-4-6-14(9-11)18(16,17)15-8-7-12(2)13(3)10-15/h2*4-10H,1-3H3. The molecule has 0 aromatic heterocycles. The van der Waals surface area contributed by atoms with Crippen LogP contribution in [0.3, 0.4) is 0 Å². The topological polar surface area (TPSA) is 68.3 Å². The van der Waals surface area contributed by atoms with Crippen LogP contribution in [0.1, 0.15) is 33.4 Å². The minimum Gasteiger partial charge on any atom is -0.219 e. The molecule has 0 amide bonds. The third-order valence-electron chi connectivity index (χ3n) is 6.21. The lowest BCUT2D eigenvalue weighted by Crippen LogP contribution is -2.03. The first-order chi connectivity index (χ1) is 16.8. The molecule has 0 radical (unpaired) electrons. The molecule has 0 saturated heterocycles. The maximum atomic E-state index is 12.4. The Morgan fingerprint density at radius 1 is 0.389 bits per heavy atom. The molecule has 0 aliphatic rings. The van der Waals surface area contributed by atoms with Crippen LogP contribution in [0, 0.1) is 41.5 Å². The van der Waals surface area contributed by atoms with Gasteiger partial charge in [0.25, 0.3) is 0 Å². The highest BCUT2D eigenvalue weighted by molar-refractivity contribution is 7.91. The first-order valence-corrected chi connectivity index (χ1v) is 14.6. The number of benzene rings is 4. The molecule has 4 aromatic rings. The van der Waals surface area contributed by atoms with Crippen LogP contribution < -0.4 is 0 Å². The normalized spacial score (nSPS) is 11.5. The van der Waals surface area contributed by atoms with E-state index < -0.39 is 19.7 Å². The van der Waals surface area contributed by atoms with Gasteiger partial charge in [-0.05, 0) is 118 Å². The maximum Gasteiger partial charge on any atom is 0.206 e. The fraction of sp³-hybridized carbons (Fsp3) is 0.200. The summed E-state index contributed by atoms with van der Waals surface area (Å²) in [5, 5.41) is 0. The smallest absolute Gasteiger partial charge is 0.206 e. The molecule has 4 nitrogen and oxygen atoms in total. The van der Waals surface area contributed by atoms with Crippen molar-refractivity contribution in [1.29, 1.82) is 0 Å². The van der Waals surface area contributed by atoms with E-state index in [0.29, 0.717) is 19.6 Å². The van der Waals surface area contributed by atoms with Crippen LogP contribution in [0.5, 0.6) is 0 Å². The average molecular weight is 521 g/mol. The van der Waals surface area contributed by atoms with E-state index >= 15 is 0 Å². The van der Waals surface area contributed by atoms with Gasteiger partial charge in [-0.25, -0.2) is 16.8 Å². The van der Waals surface area contributed by atoms with E-state index in [1.165, 1.54) is 0 Å². The first kappa shape index (κ1) is 27.4. The summed E-state index contributed by atoms with van der Waals surface area (Å²) in [4.78, 5) is 1.41. The Hall–Kier alpha value is -3.22. The van der Waals surface area contributed by atoms with Crippen molar-refractivity contribution in [3.05, 3.63) is 118 Å². The van der Waals surface area contributed by atoms with Crippen LogP contribution in [-0.2, 0) is 19.7 Å². The molecule has 0 spiro atoms. The lowest BCUT2D eigenvalue weighted by molar-refractivity contribution is 0.594. The van der Waals surface area contributed by atoms with Gasteiger partial charge in [0.1, 0.15) is 0 Å². The Labute approximate surface area is 215 Å². The summed E-state index contributed by atoms with van der Waals surface area (Å²) in [5.74, 6) is 0. The molecule has 6 heteroatoms. The third kappa shape index (κ3) is 6.12. The van der Waals surface area contributed by atoms with Crippen molar-refractivity contribution in [3.8, 4) is 0 Å². The number of hydrogen-bond donors (Lipinski definition) is 0. The molecule has 0 heterocycles. The molecular formula is C30H32O4S2. The van der Waals surface area contributed by atoms with Gasteiger partial charge < -0.3 is 0 Å². The van der Waals surface area contributed by atoms with Crippen molar-refractivity contribution in [2.75, 3.05) is 0 Å². The molecule has 0 atom stereocenters. The van der Waals surface area contributed by atoms with E-state index in [2.05, 4.69) is 0 Å². The lowest BCUT2D eigenvalue weighted by Gasteiger charge is -2.07. The second-order valence-corrected chi connectivity index (χ2v) is 13.0. The zero-order valence-corrected chi connectivity index (χ0v) is 23.2. The summed E-state index contributed by atoms with van der Waals surface area (Å²) in [6, 6.07) is 24.4. The molecule has 0 aliphatic carbocycles. The molecule has 0 bridgehead atoms. The van der Waals surface area contributed by atoms with Crippen LogP contribution in [0.15, 0.2) is 105 Å². The number of rotatable bonds is 4. The Kier molecular flexibility index (Phi) is 8.22. The van der Waals surface area contributed by atoms with Gasteiger partial charge in [-0.15, -0.1) is 0 Å². The van der Waals surface area contributed by atoms with Crippen LogP contribution in [0.2, 0.25) is 0 Å². The second-order valence-electron chi connectivity index (χ2n) is 9.13. The van der Waals surface area contributed by atoms with Crippen LogP contribution in [0.4, 0.5) is 0 Å². The number of sulfone groups is 2. The van der Waals surface area contributed by atoms with Crippen LogP contribution in [0.25, 0.3) is 0 Å². The Morgan fingerprint density at radius 2 is 0.806 bits per heavy atom. The molecule has 0 aliphatic heterocycles. The zero-order chi connectivity index (χ0) is 26.7. The predicted octanol–water partition coefficient (Wildman–Crippen LogP) is 6.89. The van der Waals surface area contributed by atoms with Crippen molar-refractivity contribution in [2.24, 2.45) is 0 Å². The third-order valence-corrected chi connectivity index (χ3v) is 9.72. The molecule has 0 saturated carbocycles. The van der Waals surface area contributed by atoms with E-state index in [0.717, 1.165) is 33.4 Å². The molecular weight excluding hydrogens is 488 g/mol. The van der Waals surface area contributed by atoms with Gasteiger partial charge >= 0.3 is 0 Å². The molecule has 188 valence electrons. The molecule has 4 rings (SSSR count). The summed E-state index contributed by atoms with van der Waals surface area (Å²) in [5.41, 5.74) is 6.16. The van der Waals surface area contributed by atoms with E-state index in [4.69, 9.17) is 0 Å². The Bertz CT molecular complexity index is 1600. The highest BCUT2D eigenvalue weighted by atomic mass is 32.2. The van der Waals surface area contributed by atoms with Crippen molar-refractivity contribution in [1.82, 2.24) is 0 Å². The summed E-state index contributed by atoms with van der Waals surface area (Å²) >= 11 is 0. The molecule has 36 heavy (non-hydrogen) atoms. The largest absolute Gasteiger partial charge is 0.219 e. The van der Waals surface area contributed by atoms with Gasteiger partial charge in [0.15, 0.2) is 0 Å². The highest BCUT2D eigenvalue weighted by Gasteiger charge is 2.18. The SMILES string of the molecule is Cc1ccc(S(=O)(=O)c2ccc(C)c(C)c2)cc1.Cc1cccc(S(=O)(=O)c2ccc(C)c(C)c2)c1. The van der Waals surface area contributed by atoms with Crippen LogP contribution >= 0.6 is 0 Å². The van der Waals surface area contributed by atoms with Gasteiger partial charge in [-0.2, -0.15) is 0 Å². The van der Waals surface area contributed by atoms with Gasteiger partial charge in [0.2, 0.25) is 19.7 Å². The predicted molar refractivity (Wildman–Crippen MR) is 145 cm³/mol. The number of aryl methyl sites for hydroxylation is 6. The average Bonchev–Trinajstić information content (AvgIpc) is 2.83. The highest BCUT2D eigenvalue weighted by Crippen LogP contribution is 2.24. The summed E-state index contributed by atoms with van der Waals surface area (Å²) in [7, 11) is -6.80. The summed E-state index contributed by atoms with van der Waals surface area (Å²) in [6.07, 6.45) is 0. The van der Waals surface area contributed by atoms with Crippen molar-refractivity contribution in [3.63, 3.8) is 0 Å². The van der Waals surface area contributed by atoms with Crippen LogP contribution in [-0.4, -0.2) is 16.8 Å². The van der Waals surface area contributed by atoms with E-state index in [-0.39, 0.29) is 0 Å². The maximum absolute atomic E-state index is 12.4. The summed E-state index contributed by atoms with van der Waals surface area (Å²) in [6.45, 7) is 11.6. The van der Waals surface area contributed by atoms with Gasteiger partial charge in [0, 0.05) is 0 Å². The molecule has 0 N–H and O–H groups in total. The molecule has 4 aromatic carbocycles. The fourth-order valence-corrected chi connectivity index (χ4v) is 6.33. The lowest BCUT2D eigenvalue weighted by atomic mass is 10.1. The van der Waals surface area contributed by atoms with E-state index in [1.807, 2.05) is 71.9 Å². The zero-order valence-electron chi connectivity index (χ0n) is 21.5. The quantitative estimate of drug-likeness (QED) is 0.294. The van der Waals surface area contributed by atoms with E-state index in [1.54, 1.807) is 54.6 Å². The Balaban J connectivity index is 0.000000201. The fourth-order valence-electron chi connectivity index (χ4n) is 3.53. The van der Waals surface area contributed by atoms with Gasteiger partial charge in [-0.3, -0.25) is 0 Å². The van der Waals surface area contributed by atoms with Crippen molar-refractivity contribution < 1.29 is 16.8 Å². The van der Waals surface area contributed by atoms with E-state index in [9.17, 15) is 16.8 Å². The van der Waals surface area contributed by atoms with Crippen molar-refractivity contribution in [2.45, 2.75) is 61.1 Å². The Morgan fingerprint density at radius 3 is 1.25 bits per heavy atom. The number of hydrogen-bond acceptors (Lipinski definition) is 4. The summed E-state index contributed by atoms with van der Waals surface area (Å²) < 4.78 is 49.7. The van der Waals surface area contributed by atoms with Crippen molar-refractivity contribution >= 4 is 19.7 Å². The molecule has 0 fully saturated rings. The molecule has 0 unspecified atom stereocenters. The minimum absolute atomic E-state index is 0.344. The second kappa shape index (κ2) is 10.8. The minimum atomic E-state index is -3.40. The monoisotopic (exact) mass is 520 g/mol. The van der Waals surface area contributed by atoms with Gasteiger partial charge in [-0.1, -0.05) is 42.0 Å².